The van der Waals surface area contributed by atoms with E-state index in [1.807, 2.05) is 0 Å². The summed E-state index contributed by atoms with van der Waals surface area (Å²) in [6, 6.07) is 66.9. The van der Waals surface area contributed by atoms with Crippen LogP contribution >= 0.6 is 0 Å². The maximum atomic E-state index is 3.98. The number of hydrogen-bond acceptors (Lipinski definition) is 1. The molecule has 1 aromatic heterocycles. The van der Waals surface area contributed by atoms with Crippen molar-refractivity contribution in [2.24, 2.45) is 5.92 Å². The van der Waals surface area contributed by atoms with Crippen molar-refractivity contribution in [3.8, 4) is 11.1 Å². The first-order chi connectivity index (χ1) is 28.3. The zero-order valence-electron chi connectivity index (χ0n) is 31.7. The van der Waals surface area contributed by atoms with Gasteiger partial charge in [0.15, 0.2) is 0 Å². The second kappa shape index (κ2) is 14.0. The van der Waals surface area contributed by atoms with E-state index in [0.717, 1.165) is 12.2 Å². The minimum atomic E-state index is 0.0162. The van der Waals surface area contributed by atoms with Gasteiger partial charge in [-0.05, 0) is 92.3 Å². The maximum absolute atomic E-state index is 3.98. The molecule has 3 aliphatic rings. The van der Waals surface area contributed by atoms with E-state index in [-0.39, 0.29) is 17.9 Å². The molecule has 8 aromatic rings. The average molecular weight is 731 g/mol. The molecule has 0 spiro atoms. The molecular formula is C55H42N2. The van der Waals surface area contributed by atoms with Crippen molar-refractivity contribution < 1.29 is 0 Å². The molecule has 0 saturated carbocycles. The normalized spacial score (nSPS) is 19.9. The Morgan fingerprint density at radius 2 is 1.21 bits per heavy atom. The highest BCUT2D eigenvalue weighted by Gasteiger charge is 2.40. The fraction of sp³-hybridized carbons (Fsp3) is 0.0909. The van der Waals surface area contributed by atoms with Crippen LogP contribution < -0.4 is 5.32 Å². The highest BCUT2D eigenvalue weighted by Crippen LogP contribution is 2.53. The number of nitrogens with zero attached hydrogens (tertiary/aromatic N) is 1. The molecule has 7 aromatic carbocycles. The molecule has 11 rings (SSSR count). The number of allylic oxidation sites excluding steroid dienone is 6. The highest BCUT2D eigenvalue weighted by atomic mass is 15.2. The van der Waals surface area contributed by atoms with Crippen molar-refractivity contribution in [3.63, 3.8) is 0 Å². The Balaban J connectivity index is 1.07. The van der Waals surface area contributed by atoms with E-state index < -0.39 is 0 Å². The van der Waals surface area contributed by atoms with Gasteiger partial charge in [0.05, 0.1) is 17.1 Å². The summed E-state index contributed by atoms with van der Waals surface area (Å²) in [7, 11) is 0. The second-order valence-corrected chi connectivity index (χ2v) is 15.7. The molecule has 0 amide bonds. The standard InChI is InChI=1S/C55H42N2/c1-4-16-37(17-5-1)40-23-14-24-41(32-40)50-33-42-22-10-11-25-45(42)49-28-15-27-46(55(49)50)43-30-31-48-47-26-12-13-29-52(47)57(53(48)35-43)54-36-44(38-18-6-2-7-19-38)34-51(56-54)39-20-8-3-9-21-39/h1-32,34-36,49-51,55-56H,33H2/t49?,50?,51-,55?/m1/s1. The molecule has 0 bridgehead atoms. The molecule has 2 aliphatic carbocycles. The summed E-state index contributed by atoms with van der Waals surface area (Å²) in [5.41, 5.74) is 15.6. The first-order valence-electron chi connectivity index (χ1n) is 20.2. The topological polar surface area (TPSA) is 17.0 Å². The van der Waals surface area contributed by atoms with Gasteiger partial charge in [0.2, 0.25) is 0 Å². The van der Waals surface area contributed by atoms with Crippen LogP contribution in [0.25, 0.3) is 49.9 Å². The Labute approximate surface area is 334 Å². The molecule has 2 heterocycles. The molecule has 0 fully saturated rings. The van der Waals surface area contributed by atoms with E-state index in [9.17, 15) is 0 Å². The number of rotatable bonds is 6. The lowest BCUT2D eigenvalue weighted by Gasteiger charge is -2.42. The number of nitrogens with one attached hydrogen (secondary N) is 1. The van der Waals surface area contributed by atoms with Crippen molar-refractivity contribution in [2.75, 3.05) is 0 Å². The molecule has 1 aliphatic heterocycles. The third-order valence-corrected chi connectivity index (χ3v) is 12.5. The van der Waals surface area contributed by atoms with Gasteiger partial charge in [-0.15, -0.1) is 0 Å². The predicted octanol–water partition coefficient (Wildman–Crippen LogP) is 13.4. The van der Waals surface area contributed by atoms with Crippen LogP contribution in [-0.4, -0.2) is 4.57 Å². The van der Waals surface area contributed by atoms with E-state index in [0.29, 0.717) is 5.92 Å². The van der Waals surface area contributed by atoms with Crippen LogP contribution in [-0.2, 0) is 6.42 Å². The lowest BCUT2D eigenvalue weighted by atomic mass is 9.61. The van der Waals surface area contributed by atoms with Crippen LogP contribution in [0.2, 0.25) is 0 Å². The quantitative estimate of drug-likeness (QED) is 0.180. The van der Waals surface area contributed by atoms with E-state index in [4.69, 9.17) is 0 Å². The van der Waals surface area contributed by atoms with Crippen LogP contribution in [0, 0.1) is 5.92 Å². The van der Waals surface area contributed by atoms with Crippen LogP contribution in [0.3, 0.4) is 0 Å². The zero-order chi connectivity index (χ0) is 37.7. The summed E-state index contributed by atoms with van der Waals surface area (Å²) in [5, 5.41) is 6.49. The van der Waals surface area contributed by atoms with Crippen LogP contribution in [0.15, 0.2) is 212 Å². The summed E-state index contributed by atoms with van der Waals surface area (Å²) < 4.78 is 2.47. The zero-order valence-corrected chi connectivity index (χ0v) is 31.7. The van der Waals surface area contributed by atoms with Crippen molar-refractivity contribution in [3.05, 3.63) is 246 Å². The molecule has 1 N–H and O–H groups in total. The molecule has 272 valence electrons. The van der Waals surface area contributed by atoms with Gasteiger partial charge < -0.3 is 5.32 Å². The van der Waals surface area contributed by atoms with E-state index in [1.54, 1.807) is 0 Å². The van der Waals surface area contributed by atoms with Gasteiger partial charge in [-0.25, -0.2) is 0 Å². The first kappa shape index (κ1) is 33.4. The van der Waals surface area contributed by atoms with Gasteiger partial charge in [-0.1, -0.05) is 188 Å². The van der Waals surface area contributed by atoms with Crippen molar-refractivity contribution in [1.29, 1.82) is 0 Å². The van der Waals surface area contributed by atoms with Gasteiger partial charge in [0.1, 0.15) is 5.82 Å². The van der Waals surface area contributed by atoms with Gasteiger partial charge in [-0.3, -0.25) is 4.57 Å². The summed E-state index contributed by atoms with van der Waals surface area (Å²) in [5.74, 6) is 1.97. The summed E-state index contributed by atoms with van der Waals surface area (Å²) in [4.78, 5) is 0. The molecule has 0 saturated heterocycles. The van der Waals surface area contributed by atoms with Gasteiger partial charge >= 0.3 is 0 Å². The lowest BCUT2D eigenvalue weighted by molar-refractivity contribution is 0.443. The second-order valence-electron chi connectivity index (χ2n) is 15.7. The summed E-state index contributed by atoms with van der Waals surface area (Å²) in [6.07, 6.45) is 12.9. The number of fused-ring (bicyclic) bond motifs is 6. The number of aromatic nitrogens is 1. The van der Waals surface area contributed by atoms with Crippen molar-refractivity contribution >= 4 is 38.8 Å². The molecular weight excluding hydrogens is 689 g/mol. The number of benzene rings is 7. The first-order valence-corrected chi connectivity index (χ1v) is 20.2. The van der Waals surface area contributed by atoms with Gasteiger partial charge in [0, 0.05) is 22.6 Å². The van der Waals surface area contributed by atoms with Crippen molar-refractivity contribution in [2.45, 2.75) is 24.3 Å². The molecule has 0 radical (unpaired) electrons. The summed E-state index contributed by atoms with van der Waals surface area (Å²) >= 11 is 0. The van der Waals surface area contributed by atoms with Gasteiger partial charge in [-0.2, -0.15) is 0 Å². The molecule has 4 atom stereocenters. The van der Waals surface area contributed by atoms with Crippen LogP contribution in [0.5, 0.6) is 0 Å². The molecule has 3 unspecified atom stereocenters. The molecule has 57 heavy (non-hydrogen) atoms. The Morgan fingerprint density at radius 3 is 2.05 bits per heavy atom. The van der Waals surface area contributed by atoms with E-state index >= 15 is 0 Å². The highest BCUT2D eigenvalue weighted by molar-refractivity contribution is 6.11. The maximum Gasteiger partial charge on any atom is 0.112 e. The number of dihydropyridines is 1. The average Bonchev–Trinajstić information content (AvgIpc) is 3.63. The fourth-order valence-electron chi connectivity index (χ4n) is 9.88. The SMILES string of the molecule is C1=CC2c3ccccc3CC(c3cccc(-c4ccccc4)c3)C2C(c2ccc3c4ccccc4n(C4=CC(c5ccccc5)=C[C@H](c5ccccc5)N4)c3c2)=C1. The smallest absolute Gasteiger partial charge is 0.112 e. The molecule has 2 heteroatoms. The summed E-state index contributed by atoms with van der Waals surface area (Å²) in [6.45, 7) is 0. The monoisotopic (exact) mass is 730 g/mol. The lowest BCUT2D eigenvalue weighted by Crippen LogP contribution is -2.30. The van der Waals surface area contributed by atoms with Gasteiger partial charge in [0.25, 0.3) is 0 Å². The Hall–Kier alpha value is -6.90. The Kier molecular flexibility index (Phi) is 8.21. The van der Waals surface area contributed by atoms with E-state index in [1.165, 1.54) is 77.5 Å². The third-order valence-electron chi connectivity index (χ3n) is 12.5. The van der Waals surface area contributed by atoms with Crippen LogP contribution in [0.4, 0.5) is 0 Å². The minimum Gasteiger partial charge on any atom is -0.361 e. The van der Waals surface area contributed by atoms with Crippen LogP contribution in [0.1, 0.15) is 51.3 Å². The van der Waals surface area contributed by atoms with E-state index in [2.05, 4.69) is 222 Å². The third kappa shape index (κ3) is 5.88. The van der Waals surface area contributed by atoms with Crippen molar-refractivity contribution in [1.82, 2.24) is 9.88 Å². The largest absolute Gasteiger partial charge is 0.361 e. The number of hydrogen-bond donors (Lipinski definition) is 1. The Morgan fingerprint density at radius 1 is 0.526 bits per heavy atom. The Bertz CT molecular complexity index is 2910. The fourth-order valence-corrected chi connectivity index (χ4v) is 9.88. The minimum absolute atomic E-state index is 0.0162. The molecule has 2 nitrogen and oxygen atoms in total. The predicted molar refractivity (Wildman–Crippen MR) is 239 cm³/mol. The number of para-hydroxylation sites is 1.